The molecule has 0 spiro atoms. The van der Waals surface area contributed by atoms with Crippen molar-refractivity contribution in [1.29, 1.82) is 0 Å². The Morgan fingerprint density at radius 1 is 1.42 bits per heavy atom. The fourth-order valence-electron chi connectivity index (χ4n) is 2.81. The Morgan fingerprint density at radius 3 is 2.58 bits per heavy atom. The number of fused-ring (bicyclic) bond motifs is 1. The molecule has 1 N–H and O–H groups in total. The van der Waals surface area contributed by atoms with Crippen molar-refractivity contribution in [3.63, 3.8) is 0 Å². The fraction of sp³-hybridized carbons (Fsp3) is 1.00. The second kappa shape index (κ2) is 2.24. The van der Waals surface area contributed by atoms with Gasteiger partial charge in [-0.2, -0.15) is 0 Å². The Hall–Kier alpha value is -0.0800. The molecule has 0 aromatic carbocycles. The molecule has 1 saturated carbocycles. The highest BCUT2D eigenvalue weighted by molar-refractivity contribution is 5.11. The van der Waals surface area contributed by atoms with Gasteiger partial charge in [-0.1, -0.05) is 13.8 Å². The molecule has 0 aromatic heterocycles. The van der Waals surface area contributed by atoms with Crippen LogP contribution in [0.2, 0.25) is 0 Å². The minimum absolute atomic E-state index is 0.00347. The number of hydrogen-bond acceptors (Lipinski definition) is 2. The van der Waals surface area contributed by atoms with E-state index in [0.717, 1.165) is 0 Å². The summed E-state index contributed by atoms with van der Waals surface area (Å²) in [4.78, 5) is 0. The highest BCUT2D eigenvalue weighted by atomic mass is 16.6. The van der Waals surface area contributed by atoms with Crippen molar-refractivity contribution in [2.24, 2.45) is 11.3 Å². The van der Waals surface area contributed by atoms with E-state index in [2.05, 4.69) is 20.8 Å². The molecule has 12 heavy (non-hydrogen) atoms. The molecule has 2 rings (SSSR count). The van der Waals surface area contributed by atoms with Crippen LogP contribution in [0, 0.1) is 11.3 Å². The lowest BCUT2D eigenvalue weighted by molar-refractivity contribution is 0.0402. The molecule has 0 bridgehead atoms. The molecule has 0 radical (unpaired) electrons. The zero-order valence-corrected chi connectivity index (χ0v) is 8.13. The maximum absolute atomic E-state index is 9.31. The van der Waals surface area contributed by atoms with E-state index in [1.165, 1.54) is 12.8 Å². The van der Waals surface area contributed by atoms with E-state index in [4.69, 9.17) is 4.74 Å². The predicted molar refractivity (Wildman–Crippen MR) is 46.9 cm³/mol. The third-order valence-corrected chi connectivity index (χ3v) is 3.85. The summed E-state index contributed by atoms with van der Waals surface area (Å²) in [5.74, 6) is 0.323. The summed E-state index contributed by atoms with van der Waals surface area (Å²) in [6, 6.07) is 0. The molecule has 1 aliphatic heterocycles. The SMILES string of the molecule is CC1(C)CC[C@H]2O[C@@]2(C)[C@H]1CO. The first kappa shape index (κ1) is 8.52. The van der Waals surface area contributed by atoms with Crippen LogP contribution < -0.4 is 0 Å². The first-order valence-electron chi connectivity index (χ1n) is 4.79. The van der Waals surface area contributed by atoms with Crippen LogP contribution in [0.4, 0.5) is 0 Å². The van der Waals surface area contributed by atoms with Crippen LogP contribution in [-0.2, 0) is 4.74 Å². The lowest BCUT2D eigenvalue weighted by Gasteiger charge is -2.39. The van der Waals surface area contributed by atoms with E-state index in [9.17, 15) is 5.11 Å². The van der Waals surface area contributed by atoms with Gasteiger partial charge < -0.3 is 9.84 Å². The molecule has 0 amide bonds. The summed E-state index contributed by atoms with van der Waals surface area (Å²) in [5, 5.41) is 9.31. The highest BCUT2D eigenvalue weighted by Gasteiger charge is 2.63. The number of aliphatic hydroxyl groups is 1. The summed E-state index contributed by atoms with van der Waals surface area (Å²) < 4.78 is 5.64. The van der Waals surface area contributed by atoms with E-state index in [-0.39, 0.29) is 17.6 Å². The normalized spacial score (nSPS) is 50.0. The van der Waals surface area contributed by atoms with Crippen LogP contribution in [0.3, 0.4) is 0 Å². The maximum Gasteiger partial charge on any atom is 0.0975 e. The summed E-state index contributed by atoms with van der Waals surface area (Å²) >= 11 is 0. The van der Waals surface area contributed by atoms with Crippen molar-refractivity contribution in [3.8, 4) is 0 Å². The van der Waals surface area contributed by atoms with Crippen molar-refractivity contribution < 1.29 is 9.84 Å². The van der Waals surface area contributed by atoms with Gasteiger partial charge in [0.1, 0.15) is 0 Å². The lowest BCUT2D eigenvalue weighted by atomic mass is 9.64. The fourth-order valence-corrected chi connectivity index (χ4v) is 2.81. The largest absolute Gasteiger partial charge is 0.396 e. The summed E-state index contributed by atoms with van der Waals surface area (Å²) in [7, 11) is 0. The molecule has 1 saturated heterocycles. The first-order valence-corrected chi connectivity index (χ1v) is 4.79. The Balaban J connectivity index is 2.21. The van der Waals surface area contributed by atoms with E-state index in [1.807, 2.05) is 0 Å². The molecule has 2 aliphatic rings. The van der Waals surface area contributed by atoms with Crippen LogP contribution in [0.1, 0.15) is 33.6 Å². The molecule has 70 valence electrons. The Bertz CT molecular complexity index is 195. The molecule has 0 aromatic rings. The van der Waals surface area contributed by atoms with E-state index >= 15 is 0 Å². The van der Waals surface area contributed by atoms with Gasteiger partial charge in [0.05, 0.1) is 11.7 Å². The van der Waals surface area contributed by atoms with Crippen LogP contribution in [0.5, 0.6) is 0 Å². The zero-order chi connectivity index (χ0) is 8.98. The Morgan fingerprint density at radius 2 is 2.08 bits per heavy atom. The monoisotopic (exact) mass is 170 g/mol. The Kier molecular flexibility index (Phi) is 1.59. The second-order valence-corrected chi connectivity index (χ2v) is 5.05. The van der Waals surface area contributed by atoms with Crippen LogP contribution in [-0.4, -0.2) is 23.4 Å². The molecule has 3 atom stereocenters. The molecule has 1 heterocycles. The number of aliphatic hydroxyl groups excluding tert-OH is 1. The average molecular weight is 170 g/mol. The molecule has 2 nitrogen and oxygen atoms in total. The molecule has 1 aliphatic carbocycles. The third kappa shape index (κ3) is 0.944. The van der Waals surface area contributed by atoms with Crippen molar-refractivity contribution in [2.45, 2.75) is 45.3 Å². The van der Waals surface area contributed by atoms with Crippen LogP contribution >= 0.6 is 0 Å². The van der Waals surface area contributed by atoms with Gasteiger partial charge in [-0.05, 0) is 25.2 Å². The molecular weight excluding hydrogens is 152 g/mol. The van der Waals surface area contributed by atoms with E-state index < -0.39 is 0 Å². The summed E-state index contributed by atoms with van der Waals surface area (Å²) in [6.45, 7) is 6.87. The maximum atomic E-state index is 9.31. The van der Waals surface area contributed by atoms with E-state index in [1.54, 1.807) is 0 Å². The first-order chi connectivity index (χ1) is 5.50. The van der Waals surface area contributed by atoms with Gasteiger partial charge in [-0.25, -0.2) is 0 Å². The number of epoxide rings is 1. The molecule has 2 fully saturated rings. The van der Waals surface area contributed by atoms with Crippen LogP contribution in [0.15, 0.2) is 0 Å². The molecule has 2 heteroatoms. The number of ether oxygens (including phenoxy) is 1. The summed E-state index contributed by atoms with van der Waals surface area (Å²) in [5.41, 5.74) is 0.243. The highest BCUT2D eigenvalue weighted by Crippen LogP contribution is 2.57. The predicted octanol–water partition coefficient (Wildman–Crippen LogP) is 1.57. The van der Waals surface area contributed by atoms with Gasteiger partial charge in [-0.3, -0.25) is 0 Å². The van der Waals surface area contributed by atoms with Gasteiger partial charge >= 0.3 is 0 Å². The standard InChI is InChI=1S/C10H18O2/c1-9(2)5-4-8-10(3,12-8)7(9)6-11/h7-8,11H,4-6H2,1-3H3/t7-,8+,10-/m0/s1. The van der Waals surface area contributed by atoms with Gasteiger partial charge in [-0.15, -0.1) is 0 Å². The van der Waals surface area contributed by atoms with E-state index in [0.29, 0.717) is 12.0 Å². The lowest BCUT2D eigenvalue weighted by Crippen LogP contribution is -2.42. The minimum Gasteiger partial charge on any atom is -0.396 e. The van der Waals surface area contributed by atoms with Crippen LogP contribution in [0.25, 0.3) is 0 Å². The second-order valence-electron chi connectivity index (χ2n) is 5.05. The van der Waals surface area contributed by atoms with Gasteiger partial charge in [0.25, 0.3) is 0 Å². The minimum atomic E-state index is -0.00347. The quantitative estimate of drug-likeness (QED) is 0.606. The number of hydrogen-bond donors (Lipinski definition) is 1. The smallest absolute Gasteiger partial charge is 0.0975 e. The topological polar surface area (TPSA) is 32.8 Å². The zero-order valence-electron chi connectivity index (χ0n) is 8.13. The van der Waals surface area contributed by atoms with Gasteiger partial charge in [0, 0.05) is 12.5 Å². The average Bonchev–Trinajstić information content (AvgIpc) is 2.59. The molecular formula is C10H18O2. The van der Waals surface area contributed by atoms with Crippen molar-refractivity contribution in [3.05, 3.63) is 0 Å². The van der Waals surface area contributed by atoms with Gasteiger partial charge in [0.2, 0.25) is 0 Å². The Labute approximate surface area is 73.9 Å². The third-order valence-electron chi connectivity index (χ3n) is 3.85. The van der Waals surface area contributed by atoms with Gasteiger partial charge in [0.15, 0.2) is 0 Å². The van der Waals surface area contributed by atoms with Crippen molar-refractivity contribution >= 4 is 0 Å². The molecule has 0 unspecified atom stereocenters. The van der Waals surface area contributed by atoms with Crippen molar-refractivity contribution in [2.75, 3.05) is 6.61 Å². The summed E-state index contributed by atoms with van der Waals surface area (Å²) in [6.07, 6.45) is 2.78. The number of rotatable bonds is 1. The van der Waals surface area contributed by atoms with Crippen molar-refractivity contribution in [1.82, 2.24) is 0 Å².